The molecule has 0 saturated carbocycles. The number of anilines is 1. The SMILES string of the molecule is Cc1cccc(C)c1N1CC=C[C@]23O[C@@]4(C)C=CCN(C)C(=O)[C@H]4[C@H]2C(=O)N(CCCO)C3C1=O. The number of fused-ring (bicyclic) bond motifs is 2. The zero-order valence-corrected chi connectivity index (χ0v) is 20.7. The van der Waals surface area contributed by atoms with Gasteiger partial charge in [0.05, 0.1) is 17.4 Å². The van der Waals surface area contributed by atoms with Crippen molar-refractivity contribution in [3.8, 4) is 0 Å². The highest BCUT2D eigenvalue weighted by molar-refractivity contribution is 6.06. The fourth-order valence-electron chi connectivity index (χ4n) is 6.56. The Kier molecular flexibility index (Phi) is 5.64. The van der Waals surface area contributed by atoms with Crippen LogP contribution in [0.3, 0.4) is 0 Å². The largest absolute Gasteiger partial charge is 0.396 e. The average Bonchev–Trinajstić information content (AvgIpc) is 3.08. The van der Waals surface area contributed by atoms with Crippen LogP contribution in [0.2, 0.25) is 0 Å². The Morgan fingerprint density at radius 1 is 1.00 bits per heavy atom. The Hall–Kier alpha value is -2.97. The molecular formula is C27H33N3O5. The molecule has 186 valence electrons. The van der Waals surface area contributed by atoms with Crippen molar-refractivity contribution in [1.82, 2.24) is 9.80 Å². The van der Waals surface area contributed by atoms with E-state index in [1.807, 2.05) is 63.3 Å². The summed E-state index contributed by atoms with van der Waals surface area (Å²) in [7, 11) is 1.72. The molecule has 8 nitrogen and oxygen atoms in total. The summed E-state index contributed by atoms with van der Waals surface area (Å²) in [6.07, 6.45) is 7.85. The predicted molar refractivity (Wildman–Crippen MR) is 131 cm³/mol. The summed E-state index contributed by atoms with van der Waals surface area (Å²) in [5.74, 6) is -2.23. The maximum Gasteiger partial charge on any atom is 0.253 e. The first kappa shape index (κ1) is 23.8. The number of carbonyl (C=O) groups excluding carboxylic acids is 3. The third kappa shape index (κ3) is 3.30. The Labute approximate surface area is 205 Å². The molecule has 3 amide bonds. The monoisotopic (exact) mass is 479 g/mol. The van der Waals surface area contributed by atoms with Crippen LogP contribution in [-0.4, -0.2) is 83.2 Å². The van der Waals surface area contributed by atoms with Gasteiger partial charge in [0.25, 0.3) is 5.91 Å². The standard InChI is InChI=1S/C27H33N3O5/c1-17-9-5-10-18(2)21(17)29-14-7-12-27-20(24(33)30(15-8-16-31)22(27)25(29)34)19-23(32)28(4)13-6-11-26(19,3)35-27/h5-7,9-12,19-20,22,31H,8,13-16H2,1-4H3/t19-,20+,22?,26+,27+/m1/s1. The first-order valence-corrected chi connectivity index (χ1v) is 12.3. The first-order valence-electron chi connectivity index (χ1n) is 12.3. The van der Waals surface area contributed by atoms with E-state index < -0.39 is 29.1 Å². The second-order valence-corrected chi connectivity index (χ2v) is 10.3. The molecule has 0 bridgehead atoms. The number of likely N-dealkylation sites (tertiary alicyclic amines) is 1. The second kappa shape index (κ2) is 8.31. The molecule has 2 fully saturated rings. The fourth-order valence-corrected chi connectivity index (χ4v) is 6.56. The number of ether oxygens (including phenoxy) is 1. The van der Waals surface area contributed by atoms with Crippen LogP contribution in [0.15, 0.2) is 42.5 Å². The lowest BCUT2D eigenvalue weighted by atomic mass is 9.74. The molecule has 1 N–H and O–H groups in total. The highest BCUT2D eigenvalue weighted by atomic mass is 16.5. The average molecular weight is 480 g/mol. The van der Waals surface area contributed by atoms with Crippen LogP contribution in [0.25, 0.3) is 0 Å². The van der Waals surface area contributed by atoms with E-state index in [1.165, 1.54) is 0 Å². The van der Waals surface area contributed by atoms with E-state index in [4.69, 9.17) is 4.74 Å². The Balaban J connectivity index is 1.67. The number of carbonyl (C=O) groups is 3. The van der Waals surface area contributed by atoms with E-state index in [0.29, 0.717) is 19.5 Å². The molecule has 5 rings (SSSR count). The summed E-state index contributed by atoms with van der Waals surface area (Å²) in [6.45, 7) is 6.66. The quantitative estimate of drug-likeness (QED) is 0.663. The van der Waals surface area contributed by atoms with Gasteiger partial charge in [-0.25, -0.2) is 0 Å². The van der Waals surface area contributed by atoms with Crippen LogP contribution >= 0.6 is 0 Å². The van der Waals surface area contributed by atoms with Crippen LogP contribution in [0.4, 0.5) is 5.69 Å². The van der Waals surface area contributed by atoms with Gasteiger partial charge < -0.3 is 24.5 Å². The van der Waals surface area contributed by atoms with Crippen LogP contribution in [-0.2, 0) is 19.1 Å². The third-order valence-corrected chi connectivity index (χ3v) is 8.02. The zero-order valence-electron chi connectivity index (χ0n) is 20.7. The highest BCUT2D eigenvalue weighted by Crippen LogP contribution is 2.57. The van der Waals surface area contributed by atoms with Gasteiger partial charge in [-0.15, -0.1) is 0 Å². The summed E-state index contributed by atoms with van der Waals surface area (Å²) in [6, 6.07) is 4.96. The molecule has 0 aromatic heterocycles. The second-order valence-electron chi connectivity index (χ2n) is 10.3. The Morgan fingerprint density at radius 2 is 1.69 bits per heavy atom. The van der Waals surface area contributed by atoms with E-state index in [0.717, 1.165) is 16.8 Å². The molecule has 1 spiro atoms. The number of aryl methyl sites for hydroxylation is 2. The minimum absolute atomic E-state index is 0.106. The molecule has 35 heavy (non-hydrogen) atoms. The number of hydrogen-bond acceptors (Lipinski definition) is 5. The van der Waals surface area contributed by atoms with Crippen molar-refractivity contribution in [1.29, 1.82) is 0 Å². The van der Waals surface area contributed by atoms with Crippen LogP contribution in [0.1, 0.15) is 24.5 Å². The number of benzene rings is 1. The Bertz CT molecular complexity index is 1130. The number of rotatable bonds is 4. The summed E-state index contributed by atoms with van der Waals surface area (Å²) in [5, 5.41) is 9.53. The molecule has 0 radical (unpaired) electrons. The van der Waals surface area contributed by atoms with Gasteiger partial charge in [-0.3, -0.25) is 14.4 Å². The normalized spacial score (nSPS) is 34.1. The van der Waals surface area contributed by atoms with Gasteiger partial charge in [0.15, 0.2) is 0 Å². The van der Waals surface area contributed by atoms with E-state index >= 15 is 0 Å². The summed E-state index contributed by atoms with van der Waals surface area (Å²) in [5.41, 5.74) is 0.477. The lowest BCUT2D eigenvalue weighted by Gasteiger charge is -2.37. The van der Waals surface area contributed by atoms with Crippen molar-refractivity contribution in [2.24, 2.45) is 11.8 Å². The number of amides is 3. The van der Waals surface area contributed by atoms with Gasteiger partial charge in [-0.05, 0) is 38.3 Å². The molecule has 4 aliphatic rings. The summed E-state index contributed by atoms with van der Waals surface area (Å²) in [4.78, 5) is 46.8. The minimum Gasteiger partial charge on any atom is -0.396 e. The van der Waals surface area contributed by atoms with Crippen molar-refractivity contribution >= 4 is 23.4 Å². The number of likely N-dealkylation sites (N-methyl/N-ethyl adjacent to an activating group) is 1. The molecule has 8 heteroatoms. The lowest BCUT2D eigenvalue weighted by molar-refractivity contribution is -0.148. The van der Waals surface area contributed by atoms with Gasteiger partial charge in [-0.2, -0.15) is 0 Å². The number of aliphatic hydroxyl groups excluding tert-OH is 1. The highest BCUT2D eigenvalue weighted by Gasteiger charge is 2.74. The van der Waals surface area contributed by atoms with Crippen molar-refractivity contribution in [3.63, 3.8) is 0 Å². The fraction of sp³-hybridized carbons (Fsp3) is 0.519. The number of nitrogens with zero attached hydrogens (tertiary/aromatic N) is 3. The lowest BCUT2D eigenvalue weighted by Crippen LogP contribution is -2.56. The summed E-state index contributed by atoms with van der Waals surface area (Å²) >= 11 is 0. The molecule has 1 aromatic carbocycles. The predicted octanol–water partition coefficient (Wildman–Crippen LogP) is 1.59. The van der Waals surface area contributed by atoms with E-state index in [9.17, 15) is 19.5 Å². The molecule has 1 aromatic rings. The van der Waals surface area contributed by atoms with Crippen LogP contribution < -0.4 is 4.90 Å². The number of para-hydroxylation sites is 1. The van der Waals surface area contributed by atoms with Gasteiger partial charge in [0.2, 0.25) is 11.8 Å². The minimum atomic E-state index is -1.27. The van der Waals surface area contributed by atoms with Gasteiger partial charge in [0, 0.05) is 39.0 Å². The topological polar surface area (TPSA) is 90.4 Å². The van der Waals surface area contributed by atoms with Crippen molar-refractivity contribution in [3.05, 3.63) is 53.6 Å². The van der Waals surface area contributed by atoms with Gasteiger partial charge in [-0.1, -0.05) is 42.5 Å². The van der Waals surface area contributed by atoms with Gasteiger partial charge >= 0.3 is 0 Å². The molecule has 1 unspecified atom stereocenters. The molecule has 4 aliphatic heterocycles. The zero-order chi connectivity index (χ0) is 25.1. The molecule has 0 aliphatic carbocycles. The molecular weight excluding hydrogens is 446 g/mol. The first-order chi connectivity index (χ1) is 16.7. The van der Waals surface area contributed by atoms with E-state index in [2.05, 4.69) is 0 Å². The van der Waals surface area contributed by atoms with E-state index in [-0.39, 0.29) is 30.9 Å². The maximum absolute atomic E-state index is 14.3. The van der Waals surface area contributed by atoms with Crippen molar-refractivity contribution in [2.45, 2.75) is 44.4 Å². The van der Waals surface area contributed by atoms with Crippen molar-refractivity contribution in [2.75, 3.05) is 38.2 Å². The van der Waals surface area contributed by atoms with Crippen LogP contribution in [0.5, 0.6) is 0 Å². The third-order valence-electron chi connectivity index (χ3n) is 8.02. The molecule has 2 saturated heterocycles. The number of hydrogen-bond donors (Lipinski definition) is 1. The van der Waals surface area contributed by atoms with Gasteiger partial charge in [0.1, 0.15) is 11.6 Å². The van der Waals surface area contributed by atoms with Crippen LogP contribution in [0, 0.1) is 25.7 Å². The number of aliphatic hydroxyl groups is 1. The molecule has 4 heterocycles. The van der Waals surface area contributed by atoms with Crippen molar-refractivity contribution < 1.29 is 24.2 Å². The smallest absolute Gasteiger partial charge is 0.253 e. The maximum atomic E-state index is 14.3. The molecule has 5 atom stereocenters. The van der Waals surface area contributed by atoms with E-state index in [1.54, 1.807) is 21.7 Å². The summed E-state index contributed by atoms with van der Waals surface area (Å²) < 4.78 is 6.75. The Morgan fingerprint density at radius 3 is 2.37 bits per heavy atom.